The smallest absolute Gasteiger partial charge is 0.227 e. The molecule has 0 aromatic heterocycles. The van der Waals surface area contributed by atoms with Crippen molar-refractivity contribution in [2.45, 2.75) is 13.0 Å². The van der Waals surface area contributed by atoms with E-state index in [0.717, 1.165) is 11.3 Å². The number of hydrogen-bond donors (Lipinski definition) is 0. The molecule has 0 aliphatic rings. The molecule has 0 N–H and O–H groups in total. The summed E-state index contributed by atoms with van der Waals surface area (Å²) >= 11 is 0. The van der Waals surface area contributed by atoms with Gasteiger partial charge in [-0.25, -0.2) is 12.7 Å². The Kier molecular flexibility index (Phi) is 6.11. The van der Waals surface area contributed by atoms with Gasteiger partial charge in [0.05, 0.1) is 5.75 Å². The highest BCUT2D eigenvalue weighted by Crippen LogP contribution is 2.13. The summed E-state index contributed by atoms with van der Waals surface area (Å²) in [6.45, 7) is 0.298. The molecule has 0 spiro atoms. The van der Waals surface area contributed by atoms with Crippen LogP contribution in [0.2, 0.25) is 0 Å². The molecule has 0 saturated heterocycles. The molecular weight excluding hydrogens is 324 g/mol. The van der Waals surface area contributed by atoms with Crippen LogP contribution in [0.1, 0.15) is 12.0 Å². The summed E-state index contributed by atoms with van der Waals surface area (Å²) in [4.78, 5) is 13.7. The number of nitrogens with zero attached hydrogens (tertiary/aromatic N) is 2. The van der Waals surface area contributed by atoms with Crippen LogP contribution in [-0.2, 0) is 21.4 Å². The van der Waals surface area contributed by atoms with Gasteiger partial charge in [-0.2, -0.15) is 0 Å². The first-order chi connectivity index (χ1) is 11.4. The van der Waals surface area contributed by atoms with Gasteiger partial charge < -0.3 is 4.90 Å². The second kappa shape index (κ2) is 8.08. The fourth-order valence-electron chi connectivity index (χ4n) is 2.27. The number of carbonyl (C=O) groups excluding carboxylic acids is 1. The summed E-state index contributed by atoms with van der Waals surface area (Å²) in [5.74, 6) is -0.426. The first-order valence-corrected chi connectivity index (χ1v) is 9.30. The van der Waals surface area contributed by atoms with Crippen LogP contribution in [0.3, 0.4) is 0 Å². The lowest BCUT2D eigenvalue weighted by Crippen LogP contribution is -2.33. The van der Waals surface area contributed by atoms with Gasteiger partial charge in [-0.3, -0.25) is 4.79 Å². The number of anilines is 1. The van der Waals surface area contributed by atoms with Crippen LogP contribution in [0, 0.1) is 0 Å². The average Bonchev–Trinajstić information content (AvgIpc) is 2.60. The van der Waals surface area contributed by atoms with Crippen molar-refractivity contribution in [2.24, 2.45) is 0 Å². The van der Waals surface area contributed by atoms with E-state index in [0.29, 0.717) is 6.54 Å². The Bertz CT molecular complexity index is 761. The van der Waals surface area contributed by atoms with Crippen molar-refractivity contribution in [3.05, 3.63) is 66.2 Å². The van der Waals surface area contributed by atoms with Crippen LogP contribution in [-0.4, -0.2) is 38.5 Å². The molecule has 0 atom stereocenters. The Morgan fingerprint density at radius 3 is 2.04 bits per heavy atom. The monoisotopic (exact) mass is 346 g/mol. The molecule has 1 amide bonds. The van der Waals surface area contributed by atoms with Crippen LogP contribution in [0.15, 0.2) is 60.7 Å². The minimum absolute atomic E-state index is 0.0488. The normalized spacial score (nSPS) is 11.5. The zero-order valence-corrected chi connectivity index (χ0v) is 14.7. The first-order valence-electron chi connectivity index (χ1n) is 7.70. The van der Waals surface area contributed by atoms with E-state index in [4.69, 9.17) is 0 Å². The van der Waals surface area contributed by atoms with Crippen molar-refractivity contribution in [2.75, 3.05) is 24.7 Å². The van der Waals surface area contributed by atoms with Crippen molar-refractivity contribution in [1.29, 1.82) is 0 Å². The third-order valence-electron chi connectivity index (χ3n) is 3.81. The highest BCUT2D eigenvalue weighted by Gasteiger charge is 2.21. The van der Waals surface area contributed by atoms with Gasteiger partial charge in [-0.1, -0.05) is 48.5 Å². The van der Waals surface area contributed by atoms with Gasteiger partial charge >= 0.3 is 0 Å². The molecule has 0 aliphatic heterocycles. The number of para-hydroxylation sites is 1. The van der Waals surface area contributed by atoms with Crippen molar-refractivity contribution in [1.82, 2.24) is 4.31 Å². The second-order valence-corrected chi connectivity index (χ2v) is 7.79. The number of sulfonamides is 1. The third-order valence-corrected chi connectivity index (χ3v) is 5.61. The molecule has 0 radical (unpaired) electrons. The predicted molar refractivity (Wildman–Crippen MR) is 96.2 cm³/mol. The Morgan fingerprint density at radius 2 is 1.46 bits per heavy atom. The maximum Gasteiger partial charge on any atom is 0.227 e. The zero-order chi connectivity index (χ0) is 17.6. The van der Waals surface area contributed by atoms with Gasteiger partial charge in [0.25, 0.3) is 0 Å². The lowest BCUT2D eigenvalue weighted by Gasteiger charge is -2.20. The van der Waals surface area contributed by atoms with Crippen LogP contribution >= 0.6 is 0 Å². The average molecular weight is 346 g/mol. The standard InChI is InChI=1S/C18H22N2O3S/c1-19(15-16-9-5-3-6-10-16)24(22,23)14-13-18(21)20(2)17-11-7-4-8-12-17/h3-12H,13-15H2,1-2H3. The molecule has 24 heavy (non-hydrogen) atoms. The third kappa shape index (κ3) is 4.91. The van der Waals surface area contributed by atoms with Crippen molar-refractivity contribution < 1.29 is 13.2 Å². The predicted octanol–water partition coefficient (Wildman–Crippen LogP) is 2.50. The van der Waals surface area contributed by atoms with Gasteiger partial charge in [0.15, 0.2) is 0 Å². The summed E-state index contributed by atoms with van der Waals surface area (Å²) < 4.78 is 26.0. The highest BCUT2D eigenvalue weighted by molar-refractivity contribution is 7.89. The van der Waals surface area contributed by atoms with E-state index in [9.17, 15) is 13.2 Å². The Balaban J connectivity index is 1.93. The summed E-state index contributed by atoms with van der Waals surface area (Å²) in [5.41, 5.74) is 1.66. The van der Waals surface area contributed by atoms with Crippen LogP contribution in [0.25, 0.3) is 0 Å². The Morgan fingerprint density at radius 1 is 0.917 bits per heavy atom. The van der Waals surface area contributed by atoms with E-state index < -0.39 is 10.0 Å². The molecule has 2 rings (SSSR count). The van der Waals surface area contributed by atoms with Gasteiger partial charge in [-0.05, 0) is 17.7 Å². The number of amides is 1. The number of benzene rings is 2. The fourth-order valence-corrected chi connectivity index (χ4v) is 3.36. The van der Waals surface area contributed by atoms with Crippen LogP contribution in [0.5, 0.6) is 0 Å². The molecule has 0 unspecified atom stereocenters. The van der Waals surface area contributed by atoms with Gasteiger partial charge in [0.2, 0.25) is 15.9 Å². The van der Waals surface area contributed by atoms with Crippen molar-refractivity contribution in [3.63, 3.8) is 0 Å². The summed E-state index contributed by atoms with van der Waals surface area (Å²) in [6, 6.07) is 18.5. The lowest BCUT2D eigenvalue weighted by atomic mass is 10.2. The van der Waals surface area contributed by atoms with Crippen molar-refractivity contribution in [3.8, 4) is 0 Å². The molecule has 0 fully saturated rings. The molecule has 0 heterocycles. The quantitative estimate of drug-likeness (QED) is 0.774. The summed E-state index contributed by atoms with van der Waals surface area (Å²) in [6.07, 6.45) is -0.0488. The topological polar surface area (TPSA) is 57.7 Å². The number of hydrogen-bond acceptors (Lipinski definition) is 3. The molecule has 0 saturated carbocycles. The van der Waals surface area contributed by atoms with E-state index in [1.165, 1.54) is 16.3 Å². The maximum absolute atomic E-state index is 12.4. The van der Waals surface area contributed by atoms with E-state index in [2.05, 4.69) is 0 Å². The Hall–Kier alpha value is -2.18. The minimum atomic E-state index is -3.48. The molecule has 6 heteroatoms. The molecule has 0 bridgehead atoms. The van der Waals surface area contributed by atoms with Crippen LogP contribution < -0.4 is 4.90 Å². The number of carbonyl (C=O) groups is 1. The maximum atomic E-state index is 12.4. The molecular formula is C18H22N2O3S. The van der Waals surface area contributed by atoms with E-state index in [1.807, 2.05) is 60.7 Å². The molecule has 2 aromatic rings. The van der Waals surface area contributed by atoms with Gasteiger partial charge in [0.1, 0.15) is 0 Å². The zero-order valence-electron chi connectivity index (χ0n) is 13.9. The van der Waals surface area contributed by atoms with Crippen LogP contribution in [0.4, 0.5) is 5.69 Å². The summed E-state index contributed by atoms with van der Waals surface area (Å²) in [5, 5.41) is 0. The van der Waals surface area contributed by atoms with E-state index in [-0.39, 0.29) is 18.1 Å². The molecule has 5 nitrogen and oxygen atoms in total. The molecule has 128 valence electrons. The highest BCUT2D eigenvalue weighted by atomic mass is 32.2. The number of rotatable bonds is 7. The largest absolute Gasteiger partial charge is 0.315 e. The molecule has 0 aliphatic carbocycles. The lowest BCUT2D eigenvalue weighted by molar-refractivity contribution is -0.117. The molecule has 2 aromatic carbocycles. The van der Waals surface area contributed by atoms with E-state index >= 15 is 0 Å². The second-order valence-electron chi connectivity index (χ2n) is 5.60. The SMILES string of the molecule is CN(C(=O)CCS(=O)(=O)N(C)Cc1ccccc1)c1ccccc1. The Labute approximate surface area is 143 Å². The van der Waals surface area contributed by atoms with E-state index in [1.54, 1.807) is 7.05 Å². The van der Waals surface area contributed by atoms with Crippen molar-refractivity contribution >= 4 is 21.6 Å². The first kappa shape index (κ1) is 18.2. The van der Waals surface area contributed by atoms with Gasteiger partial charge in [-0.15, -0.1) is 0 Å². The fraction of sp³-hybridized carbons (Fsp3) is 0.278. The summed E-state index contributed by atoms with van der Waals surface area (Å²) in [7, 11) is -0.297. The van der Waals surface area contributed by atoms with Gasteiger partial charge in [0, 0.05) is 32.7 Å². The minimum Gasteiger partial charge on any atom is -0.315 e.